The summed E-state index contributed by atoms with van der Waals surface area (Å²) in [6.45, 7) is 1.81. The minimum Gasteiger partial charge on any atom is -0.368 e. The Morgan fingerprint density at radius 3 is 2.82 bits per heavy atom. The molecule has 3 heterocycles. The van der Waals surface area contributed by atoms with E-state index in [1.165, 1.54) is 0 Å². The molecule has 1 saturated heterocycles. The van der Waals surface area contributed by atoms with Crippen molar-refractivity contribution < 1.29 is 9.59 Å². The van der Waals surface area contributed by atoms with Crippen molar-refractivity contribution in [3.8, 4) is 11.4 Å². The van der Waals surface area contributed by atoms with Crippen LogP contribution in [0.3, 0.4) is 0 Å². The molecule has 0 bridgehead atoms. The van der Waals surface area contributed by atoms with Gasteiger partial charge in [-0.15, -0.1) is 0 Å². The lowest BCUT2D eigenvalue weighted by molar-refractivity contribution is -0.122. The van der Waals surface area contributed by atoms with Gasteiger partial charge in [-0.25, -0.2) is 0 Å². The van der Waals surface area contributed by atoms with E-state index in [1.54, 1.807) is 0 Å². The van der Waals surface area contributed by atoms with E-state index in [4.69, 9.17) is 17.3 Å². The van der Waals surface area contributed by atoms with E-state index in [1.807, 2.05) is 47.4 Å². The summed E-state index contributed by atoms with van der Waals surface area (Å²) in [5.74, 6) is -0.479. The summed E-state index contributed by atoms with van der Waals surface area (Å²) in [6.07, 6.45) is 1.71. The SMILES string of the molecule is NC(=O)[C@@H]1CCCN1CCNC(=O)c1c(-c2cc3cc(Cl)ccc3[nH]2)[nH]c2cc(Br)ccc12. The number of H-pyrrole nitrogens is 2. The van der Waals surface area contributed by atoms with Gasteiger partial charge in [-0.3, -0.25) is 14.5 Å². The van der Waals surface area contributed by atoms with Crippen LogP contribution < -0.4 is 11.1 Å². The number of nitrogens with zero attached hydrogens (tertiary/aromatic N) is 1. The lowest BCUT2D eigenvalue weighted by Gasteiger charge is -2.21. The molecule has 2 amide bonds. The van der Waals surface area contributed by atoms with Crippen molar-refractivity contribution >= 4 is 61.2 Å². The zero-order chi connectivity index (χ0) is 23.1. The number of nitrogens with two attached hydrogens (primary N) is 1. The molecule has 1 fully saturated rings. The normalized spacial score (nSPS) is 16.6. The molecule has 170 valence electrons. The third-order valence-corrected chi connectivity index (χ3v) is 6.94. The summed E-state index contributed by atoms with van der Waals surface area (Å²) in [5.41, 5.74) is 9.39. The molecule has 1 aliphatic rings. The predicted octanol–water partition coefficient (Wildman–Crippen LogP) is 4.41. The lowest BCUT2D eigenvalue weighted by atomic mass is 10.1. The van der Waals surface area contributed by atoms with Gasteiger partial charge in [-0.05, 0) is 55.8 Å². The van der Waals surface area contributed by atoms with Gasteiger partial charge in [0, 0.05) is 44.4 Å². The van der Waals surface area contributed by atoms with E-state index in [0.29, 0.717) is 29.4 Å². The van der Waals surface area contributed by atoms with Crippen molar-refractivity contribution in [2.75, 3.05) is 19.6 Å². The van der Waals surface area contributed by atoms with Crippen molar-refractivity contribution in [2.24, 2.45) is 5.73 Å². The van der Waals surface area contributed by atoms with Crippen LogP contribution in [0, 0.1) is 0 Å². The number of benzene rings is 2. The van der Waals surface area contributed by atoms with Crippen LogP contribution >= 0.6 is 27.5 Å². The zero-order valence-electron chi connectivity index (χ0n) is 17.8. The first kappa shape index (κ1) is 22.0. The molecular formula is C24H23BrClN5O2. The second-order valence-electron chi connectivity index (χ2n) is 8.33. The number of carbonyl (C=O) groups excluding carboxylic acids is 2. The van der Waals surface area contributed by atoms with E-state index in [9.17, 15) is 9.59 Å². The first-order chi connectivity index (χ1) is 15.9. The maximum absolute atomic E-state index is 13.4. The summed E-state index contributed by atoms with van der Waals surface area (Å²) in [4.78, 5) is 33.8. The summed E-state index contributed by atoms with van der Waals surface area (Å²) < 4.78 is 0.921. The number of hydrogen-bond donors (Lipinski definition) is 4. The third-order valence-electron chi connectivity index (χ3n) is 6.22. The van der Waals surface area contributed by atoms with E-state index in [-0.39, 0.29) is 17.9 Å². The largest absolute Gasteiger partial charge is 0.368 e. The monoisotopic (exact) mass is 527 g/mol. The number of rotatable bonds is 6. The Morgan fingerprint density at radius 1 is 1.15 bits per heavy atom. The summed E-state index contributed by atoms with van der Waals surface area (Å²) in [6, 6.07) is 13.2. The Kier molecular flexibility index (Phi) is 5.90. The number of amides is 2. The highest BCUT2D eigenvalue weighted by Gasteiger charge is 2.28. The molecule has 5 rings (SSSR count). The van der Waals surface area contributed by atoms with Gasteiger partial charge < -0.3 is 21.0 Å². The van der Waals surface area contributed by atoms with Crippen LogP contribution in [0.1, 0.15) is 23.2 Å². The van der Waals surface area contributed by atoms with Crippen molar-refractivity contribution in [1.82, 2.24) is 20.2 Å². The fourth-order valence-corrected chi connectivity index (χ4v) is 5.20. The van der Waals surface area contributed by atoms with Gasteiger partial charge in [0.1, 0.15) is 0 Å². The van der Waals surface area contributed by atoms with Crippen LogP contribution in [0.4, 0.5) is 0 Å². The fraction of sp³-hybridized carbons (Fsp3) is 0.250. The predicted molar refractivity (Wildman–Crippen MR) is 134 cm³/mol. The van der Waals surface area contributed by atoms with Crippen LogP contribution in [-0.4, -0.2) is 52.4 Å². The molecule has 7 nitrogen and oxygen atoms in total. The maximum atomic E-state index is 13.4. The molecule has 0 unspecified atom stereocenters. The zero-order valence-corrected chi connectivity index (χ0v) is 20.1. The van der Waals surface area contributed by atoms with E-state index in [2.05, 4.69) is 31.2 Å². The van der Waals surface area contributed by atoms with Gasteiger partial charge in [-0.2, -0.15) is 0 Å². The van der Waals surface area contributed by atoms with Gasteiger partial charge in [0.15, 0.2) is 0 Å². The summed E-state index contributed by atoms with van der Waals surface area (Å²) in [5, 5.41) is 5.49. The van der Waals surface area contributed by atoms with E-state index in [0.717, 1.165) is 51.4 Å². The first-order valence-electron chi connectivity index (χ1n) is 10.8. The molecular weight excluding hydrogens is 506 g/mol. The molecule has 2 aromatic heterocycles. The van der Waals surface area contributed by atoms with Gasteiger partial charge in [-0.1, -0.05) is 33.6 Å². The highest BCUT2D eigenvalue weighted by atomic mass is 79.9. The summed E-state index contributed by atoms with van der Waals surface area (Å²) >= 11 is 9.66. The smallest absolute Gasteiger partial charge is 0.254 e. The average molecular weight is 529 g/mol. The van der Waals surface area contributed by atoms with Gasteiger partial charge in [0.05, 0.1) is 23.0 Å². The number of carbonyl (C=O) groups is 2. The minimum absolute atomic E-state index is 0.176. The highest BCUT2D eigenvalue weighted by molar-refractivity contribution is 9.10. The topological polar surface area (TPSA) is 107 Å². The van der Waals surface area contributed by atoms with Gasteiger partial charge >= 0.3 is 0 Å². The van der Waals surface area contributed by atoms with Crippen molar-refractivity contribution in [3.05, 3.63) is 57.5 Å². The Bertz CT molecular complexity index is 1380. The molecule has 0 aliphatic carbocycles. The van der Waals surface area contributed by atoms with Crippen LogP contribution in [0.25, 0.3) is 33.2 Å². The maximum Gasteiger partial charge on any atom is 0.254 e. The van der Waals surface area contributed by atoms with Crippen LogP contribution in [0.5, 0.6) is 0 Å². The molecule has 9 heteroatoms. The van der Waals surface area contributed by atoms with Crippen molar-refractivity contribution in [1.29, 1.82) is 0 Å². The molecule has 0 radical (unpaired) electrons. The average Bonchev–Trinajstić information content (AvgIpc) is 3.49. The van der Waals surface area contributed by atoms with Crippen molar-refractivity contribution in [3.63, 3.8) is 0 Å². The highest BCUT2D eigenvalue weighted by Crippen LogP contribution is 2.33. The second kappa shape index (κ2) is 8.85. The Morgan fingerprint density at radius 2 is 2.00 bits per heavy atom. The molecule has 5 N–H and O–H groups in total. The second-order valence-corrected chi connectivity index (χ2v) is 9.68. The number of halogens is 2. The fourth-order valence-electron chi connectivity index (χ4n) is 4.66. The van der Waals surface area contributed by atoms with E-state index >= 15 is 0 Å². The minimum atomic E-state index is -0.303. The van der Waals surface area contributed by atoms with Gasteiger partial charge in [0.2, 0.25) is 5.91 Å². The molecule has 1 aliphatic heterocycles. The molecule has 2 aromatic carbocycles. The molecule has 0 saturated carbocycles. The first-order valence-corrected chi connectivity index (χ1v) is 12.0. The molecule has 4 aromatic rings. The number of aromatic nitrogens is 2. The Labute approximate surface area is 203 Å². The lowest BCUT2D eigenvalue weighted by Crippen LogP contribution is -2.43. The van der Waals surface area contributed by atoms with Crippen LogP contribution in [-0.2, 0) is 4.79 Å². The number of primary amides is 1. The third kappa shape index (κ3) is 4.26. The number of fused-ring (bicyclic) bond motifs is 2. The number of hydrogen-bond acceptors (Lipinski definition) is 3. The number of likely N-dealkylation sites (tertiary alicyclic amines) is 1. The molecule has 0 spiro atoms. The Balaban J connectivity index is 1.46. The van der Waals surface area contributed by atoms with Crippen LogP contribution in [0.2, 0.25) is 5.02 Å². The van der Waals surface area contributed by atoms with Crippen molar-refractivity contribution in [2.45, 2.75) is 18.9 Å². The van der Waals surface area contributed by atoms with E-state index < -0.39 is 0 Å². The molecule has 1 atom stereocenters. The quantitative estimate of drug-likeness (QED) is 0.298. The molecule has 33 heavy (non-hydrogen) atoms. The standard InChI is InChI=1S/C24H23BrClN5O2/c25-14-3-5-16-18(12-14)30-22(19-11-13-10-15(26)4-6-17(13)29-19)21(16)24(33)28-7-9-31-8-1-2-20(31)23(27)32/h3-6,10-12,20,29-30H,1-2,7-9H2,(H2,27,32)(H,28,33)/t20-/m0/s1. The number of nitrogens with one attached hydrogen (secondary N) is 3. The van der Waals surface area contributed by atoms with Crippen LogP contribution in [0.15, 0.2) is 46.9 Å². The summed E-state index contributed by atoms with van der Waals surface area (Å²) in [7, 11) is 0. The Hall–Kier alpha value is -2.81. The van der Waals surface area contributed by atoms with Gasteiger partial charge in [0.25, 0.3) is 5.91 Å². The number of aromatic amines is 2.